The minimum Gasteiger partial charge on any atom is -0.322 e. The molecule has 1 amide bonds. The molecule has 2 N–H and O–H groups in total. The zero-order valence-electron chi connectivity index (χ0n) is 15.1. The molecule has 0 radical (unpaired) electrons. The first kappa shape index (κ1) is 19.3. The quantitative estimate of drug-likeness (QED) is 0.745. The lowest BCUT2D eigenvalue weighted by atomic mass is 10.1. The summed E-state index contributed by atoms with van der Waals surface area (Å²) in [6.45, 7) is 1.45. The molecule has 6 nitrogen and oxygen atoms in total. The summed E-state index contributed by atoms with van der Waals surface area (Å²) in [5.41, 5.74) is 1.20. The van der Waals surface area contributed by atoms with Crippen LogP contribution in [-0.2, 0) is 10.0 Å². The lowest BCUT2D eigenvalue weighted by molar-refractivity contribution is 0.101. The molecule has 0 aromatic heterocycles. The van der Waals surface area contributed by atoms with Gasteiger partial charge in [-0.2, -0.15) is 0 Å². The number of anilines is 1. The van der Waals surface area contributed by atoms with Crippen molar-refractivity contribution in [3.05, 3.63) is 59.7 Å². The molecule has 2 aromatic rings. The van der Waals surface area contributed by atoms with Crippen molar-refractivity contribution >= 4 is 27.4 Å². The Morgan fingerprint density at radius 2 is 1.63 bits per heavy atom. The molecule has 0 unspecified atom stereocenters. The van der Waals surface area contributed by atoms with E-state index in [9.17, 15) is 18.0 Å². The van der Waals surface area contributed by atoms with Gasteiger partial charge in [0, 0.05) is 22.9 Å². The van der Waals surface area contributed by atoms with Gasteiger partial charge in [-0.15, -0.1) is 0 Å². The molecule has 27 heavy (non-hydrogen) atoms. The van der Waals surface area contributed by atoms with Gasteiger partial charge >= 0.3 is 0 Å². The third-order valence-corrected chi connectivity index (χ3v) is 6.13. The minimum absolute atomic E-state index is 0.0400. The number of benzene rings is 2. The van der Waals surface area contributed by atoms with Crippen molar-refractivity contribution < 1.29 is 18.0 Å². The molecular formula is C20H22N2O4S. The highest BCUT2D eigenvalue weighted by molar-refractivity contribution is 7.89. The fraction of sp³-hybridized carbons (Fsp3) is 0.300. The molecule has 7 heteroatoms. The molecule has 0 spiro atoms. The van der Waals surface area contributed by atoms with Crippen LogP contribution in [0.15, 0.2) is 53.4 Å². The van der Waals surface area contributed by atoms with Gasteiger partial charge in [-0.3, -0.25) is 9.59 Å². The van der Waals surface area contributed by atoms with Crippen molar-refractivity contribution in [2.45, 2.75) is 43.5 Å². The van der Waals surface area contributed by atoms with Crippen molar-refractivity contribution in [1.82, 2.24) is 4.72 Å². The van der Waals surface area contributed by atoms with Gasteiger partial charge in [0.15, 0.2) is 5.78 Å². The normalized spacial score (nSPS) is 14.9. The Hall–Kier alpha value is -2.51. The third-order valence-electron chi connectivity index (χ3n) is 4.61. The molecule has 1 fully saturated rings. The summed E-state index contributed by atoms with van der Waals surface area (Å²) >= 11 is 0. The lowest BCUT2D eigenvalue weighted by Crippen LogP contribution is -2.32. The maximum atomic E-state index is 12.6. The summed E-state index contributed by atoms with van der Waals surface area (Å²) in [5, 5.41) is 2.70. The number of nitrogens with one attached hydrogen (secondary N) is 2. The summed E-state index contributed by atoms with van der Waals surface area (Å²) in [4.78, 5) is 24.0. The van der Waals surface area contributed by atoms with E-state index in [0.29, 0.717) is 11.3 Å². The van der Waals surface area contributed by atoms with Crippen LogP contribution < -0.4 is 10.0 Å². The van der Waals surface area contributed by atoms with E-state index >= 15 is 0 Å². The molecule has 0 saturated heterocycles. The van der Waals surface area contributed by atoms with Gasteiger partial charge in [0.05, 0.1) is 4.90 Å². The predicted octanol–water partition coefficient (Wildman–Crippen LogP) is 3.36. The van der Waals surface area contributed by atoms with Gasteiger partial charge in [-0.25, -0.2) is 13.1 Å². The van der Waals surface area contributed by atoms with Crippen LogP contribution in [0.5, 0.6) is 0 Å². The standard InChI is InChI=1S/C20H22N2O4S/c1-14(23)15-6-4-10-18(12-15)21-20(24)16-7-5-11-19(13-16)27(25,26)22-17-8-2-3-9-17/h4-7,10-13,17,22H,2-3,8-9H2,1H3,(H,21,24). The molecule has 0 heterocycles. The second-order valence-electron chi connectivity index (χ2n) is 6.72. The van der Waals surface area contributed by atoms with E-state index in [1.54, 1.807) is 36.4 Å². The summed E-state index contributed by atoms with van der Waals surface area (Å²) in [5.74, 6) is -0.536. The average Bonchev–Trinajstić information content (AvgIpc) is 3.14. The highest BCUT2D eigenvalue weighted by Crippen LogP contribution is 2.21. The Morgan fingerprint density at radius 3 is 2.33 bits per heavy atom. The van der Waals surface area contributed by atoms with Crippen molar-refractivity contribution in [3.8, 4) is 0 Å². The number of ketones is 1. The topological polar surface area (TPSA) is 92.3 Å². The second kappa shape index (κ2) is 8.02. The first-order valence-electron chi connectivity index (χ1n) is 8.90. The summed E-state index contributed by atoms with van der Waals surface area (Å²) in [6, 6.07) is 12.5. The number of rotatable bonds is 6. The summed E-state index contributed by atoms with van der Waals surface area (Å²) in [7, 11) is -3.67. The van der Waals surface area contributed by atoms with Crippen LogP contribution in [-0.4, -0.2) is 26.2 Å². The second-order valence-corrected chi connectivity index (χ2v) is 8.44. The van der Waals surface area contributed by atoms with Gasteiger partial charge < -0.3 is 5.32 Å². The van der Waals surface area contributed by atoms with Crippen LogP contribution >= 0.6 is 0 Å². The number of sulfonamides is 1. The lowest BCUT2D eigenvalue weighted by Gasteiger charge is -2.13. The Bertz CT molecular complexity index is 963. The molecule has 2 aromatic carbocycles. The van der Waals surface area contributed by atoms with Gasteiger partial charge in [0.2, 0.25) is 10.0 Å². The van der Waals surface area contributed by atoms with Crippen LogP contribution in [0.1, 0.15) is 53.3 Å². The van der Waals surface area contributed by atoms with Crippen LogP contribution in [0.3, 0.4) is 0 Å². The number of hydrogen-bond donors (Lipinski definition) is 2. The Morgan fingerprint density at radius 1 is 0.963 bits per heavy atom. The molecule has 0 atom stereocenters. The number of carbonyl (C=O) groups excluding carboxylic acids is 2. The number of amides is 1. The maximum Gasteiger partial charge on any atom is 0.255 e. The number of hydrogen-bond acceptors (Lipinski definition) is 4. The van der Waals surface area contributed by atoms with E-state index in [1.807, 2.05) is 0 Å². The summed E-state index contributed by atoms with van der Waals surface area (Å²) in [6.07, 6.45) is 3.72. The molecular weight excluding hydrogens is 364 g/mol. The van der Waals surface area contributed by atoms with E-state index in [0.717, 1.165) is 25.7 Å². The molecule has 142 valence electrons. The van der Waals surface area contributed by atoms with Crippen LogP contribution in [0.2, 0.25) is 0 Å². The van der Waals surface area contributed by atoms with Crippen LogP contribution in [0, 0.1) is 0 Å². The first-order valence-corrected chi connectivity index (χ1v) is 10.4. The maximum absolute atomic E-state index is 12.6. The van der Waals surface area contributed by atoms with Crippen molar-refractivity contribution in [2.24, 2.45) is 0 Å². The SMILES string of the molecule is CC(=O)c1cccc(NC(=O)c2cccc(S(=O)(=O)NC3CCCC3)c2)c1. The van der Waals surface area contributed by atoms with E-state index < -0.39 is 15.9 Å². The predicted molar refractivity (Wildman–Crippen MR) is 103 cm³/mol. The van der Waals surface area contributed by atoms with Gasteiger partial charge in [-0.1, -0.05) is 31.0 Å². The molecule has 1 saturated carbocycles. The first-order chi connectivity index (χ1) is 12.8. The zero-order valence-corrected chi connectivity index (χ0v) is 15.9. The van der Waals surface area contributed by atoms with Gasteiger partial charge in [0.25, 0.3) is 5.91 Å². The molecule has 1 aliphatic rings. The van der Waals surface area contributed by atoms with E-state index in [1.165, 1.54) is 19.1 Å². The minimum atomic E-state index is -3.67. The third kappa shape index (κ3) is 4.81. The number of Topliss-reactive ketones (excluding diaryl/α,β-unsaturated/α-hetero) is 1. The van der Waals surface area contributed by atoms with E-state index in [2.05, 4.69) is 10.0 Å². The van der Waals surface area contributed by atoms with Gasteiger partial charge in [0.1, 0.15) is 0 Å². The Labute approximate surface area is 159 Å². The fourth-order valence-corrected chi connectivity index (χ4v) is 4.51. The van der Waals surface area contributed by atoms with Crippen molar-refractivity contribution in [3.63, 3.8) is 0 Å². The highest BCUT2D eigenvalue weighted by Gasteiger charge is 2.23. The van der Waals surface area contributed by atoms with Gasteiger partial charge in [-0.05, 0) is 50.1 Å². The molecule has 3 rings (SSSR count). The van der Waals surface area contributed by atoms with Crippen molar-refractivity contribution in [2.75, 3.05) is 5.32 Å². The highest BCUT2D eigenvalue weighted by atomic mass is 32.2. The van der Waals surface area contributed by atoms with E-state index in [4.69, 9.17) is 0 Å². The Balaban J connectivity index is 1.77. The monoisotopic (exact) mass is 386 g/mol. The average molecular weight is 386 g/mol. The summed E-state index contributed by atoms with van der Waals surface area (Å²) < 4.78 is 27.8. The molecule has 1 aliphatic carbocycles. The van der Waals surface area contributed by atoms with Crippen LogP contribution in [0.4, 0.5) is 5.69 Å². The smallest absolute Gasteiger partial charge is 0.255 e. The number of carbonyl (C=O) groups is 2. The molecule has 0 bridgehead atoms. The van der Waals surface area contributed by atoms with E-state index in [-0.39, 0.29) is 22.3 Å². The van der Waals surface area contributed by atoms with Crippen LogP contribution in [0.25, 0.3) is 0 Å². The molecule has 0 aliphatic heterocycles. The largest absolute Gasteiger partial charge is 0.322 e. The zero-order chi connectivity index (χ0) is 19.4. The Kier molecular flexibility index (Phi) is 5.72. The fourth-order valence-electron chi connectivity index (χ4n) is 3.15. The van der Waals surface area contributed by atoms with Crippen molar-refractivity contribution in [1.29, 1.82) is 0 Å².